The van der Waals surface area contributed by atoms with Crippen molar-refractivity contribution in [2.45, 2.75) is 19.9 Å². The van der Waals surface area contributed by atoms with E-state index in [1.807, 2.05) is 24.5 Å². The Morgan fingerprint density at radius 2 is 1.89 bits per heavy atom. The summed E-state index contributed by atoms with van der Waals surface area (Å²) in [6, 6.07) is 0.831. The van der Waals surface area contributed by atoms with Crippen molar-refractivity contribution >= 4 is 23.7 Å². The molecule has 3 rings (SSSR count). The number of hydrogen-bond acceptors (Lipinski definition) is 6. The maximum absolute atomic E-state index is 13.1. The fourth-order valence-electron chi connectivity index (χ4n) is 3.31. The molecule has 1 saturated heterocycles. The normalized spacial score (nSPS) is 19.9. The van der Waals surface area contributed by atoms with Crippen molar-refractivity contribution < 1.29 is 23.6 Å². The number of urea groups is 1. The molecule has 2 aliphatic heterocycles. The third-order valence-corrected chi connectivity index (χ3v) is 4.64. The summed E-state index contributed by atoms with van der Waals surface area (Å²) in [5, 5.41) is 4.49. The van der Waals surface area contributed by atoms with Crippen LogP contribution in [0.4, 0.5) is 4.79 Å². The molecule has 3 amide bonds. The van der Waals surface area contributed by atoms with Crippen LogP contribution in [0, 0.1) is 13.8 Å². The molecule has 0 spiro atoms. The number of carbonyl (C=O) groups excluding carboxylic acids is 2. The van der Waals surface area contributed by atoms with Crippen LogP contribution in [0.3, 0.4) is 0 Å². The van der Waals surface area contributed by atoms with Crippen LogP contribution in [-0.4, -0.2) is 102 Å². The first-order valence-corrected chi connectivity index (χ1v) is 8.73. The number of imide groups is 1. The van der Waals surface area contributed by atoms with E-state index >= 15 is 0 Å². The fraction of sp³-hybridized carbons (Fsp3) is 0.588. The number of ether oxygens (including phenoxy) is 2. The second-order valence-corrected chi connectivity index (χ2v) is 6.52. The van der Waals surface area contributed by atoms with Gasteiger partial charge in [0.05, 0.1) is 32.0 Å². The number of carbonyl (C=O) groups is 2. The lowest BCUT2D eigenvalue weighted by Gasteiger charge is -2.33. The van der Waals surface area contributed by atoms with Crippen molar-refractivity contribution in [3.63, 3.8) is 0 Å². The zero-order valence-corrected chi connectivity index (χ0v) is 16.3. The monoisotopic (exact) mass is 377 g/mol. The Bertz CT molecular complexity index is 827. The fourth-order valence-corrected chi connectivity index (χ4v) is 3.31. The molecule has 0 aliphatic carbocycles. The number of methoxy groups -OCH3 is 2. The number of aryl methyl sites for hydroxylation is 2. The minimum atomic E-state index is -0.696. The molecule has 1 unspecified atom stereocenters. The van der Waals surface area contributed by atoms with Crippen LogP contribution < -0.4 is 0 Å². The maximum atomic E-state index is 13.1. The van der Waals surface area contributed by atoms with E-state index in [9.17, 15) is 9.59 Å². The molecule has 0 radical (unpaired) electrons. The van der Waals surface area contributed by atoms with E-state index in [0.29, 0.717) is 24.9 Å². The largest absolute Gasteiger partial charge is 0.421 e. The summed E-state index contributed by atoms with van der Waals surface area (Å²) >= 11 is 0. The highest BCUT2D eigenvalue weighted by Crippen LogP contribution is 2.21. The minimum absolute atomic E-state index is 0.190. The van der Waals surface area contributed by atoms with E-state index in [2.05, 4.69) is 10.1 Å². The molecule has 0 bridgehead atoms. The van der Waals surface area contributed by atoms with Crippen LogP contribution in [0.1, 0.15) is 11.4 Å². The smallest absolute Gasteiger partial charge is 0.383 e. The SMILES string of the molecule is COCCN1C(=O)C2C(=NC(n3nc(C)cc3C)=[N+]2CCOC)N(C)C1=O. The standard InChI is InChI=1S/C17H25N6O4/c1-11-10-12(2)23(19-11)16-18-14-13(21(16)6-8-26-4)15(24)22(7-9-27-5)17(25)20(14)3/h10,13H,6-9H2,1-5H3/q+1. The van der Waals surface area contributed by atoms with E-state index in [0.717, 1.165) is 11.4 Å². The average Bonchev–Trinajstić information content (AvgIpc) is 3.17. The number of nitrogens with zero attached hydrogens (tertiary/aromatic N) is 6. The summed E-state index contributed by atoms with van der Waals surface area (Å²) in [6.07, 6.45) is 0. The van der Waals surface area contributed by atoms with Crippen LogP contribution in [0.2, 0.25) is 0 Å². The molecule has 0 aromatic carbocycles. The molecule has 10 nitrogen and oxygen atoms in total. The number of amidine groups is 1. The summed E-state index contributed by atoms with van der Waals surface area (Å²) in [5.74, 6) is 0.595. The number of amides is 3. The molecule has 3 heterocycles. The van der Waals surface area contributed by atoms with Gasteiger partial charge in [-0.05, 0) is 19.9 Å². The first kappa shape index (κ1) is 19.2. The van der Waals surface area contributed by atoms with Crippen molar-refractivity contribution in [2.75, 3.05) is 47.6 Å². The highest BCUT2D eigenvalue weighted by Gasteiger charge is 2.53. The van der Waals surface area contributed by atoms with E-state index < -0.39 is 12.1 Å². The van der Waals surface area contributed by atoms with Gasteiger partial charge in [-0.15, -0.1) is 9.78 Å². The van der Waals surface area contributed by atoms with Gasteiger partial charge < -0.3 is 9.47 Å². The molecule has 0 saturated carbocycles. The average molecular weight is 377 g/mol. The topological polar surface area (TPSA) is 92.3 Å². The Balaban J connectivity index is 2.07. The highest BCUT2D eigenvalue weighted by molar-refractivity contribution is 6.23. The molecule has 1 fully saturated rings. The molecule has 10 heteroatoms. The first-order chi connectivity index (χ1) is 12.9. The predicted octanol–water partition coefficient (Wildman–Crippen LogP) is -0.316. The highest BCUT2D eigenvalue weighted by atomic mass is 16.5. The van der Waals surface area contributed by atoms with Gasteiger partial charge >= 0.3 is 12.0 Å². The van der Waals surface area contributed by atoms with Crippen molar-refractivity contribution in [2.24, 2.45) is 4.99 Å². The van der Waals surface area contributed by atoms with Crippen LogP contribution in [0.15, 0.2) is 11.1 Å². The van der Waals surface area contributed by atoms with Gasteiger partial charge in [-0.3, -0.25) is 14.6 Å². The van der Waals surface area contributed by atoms with Gasteiger partial charge in [-0.1, -0.05) is 4.99 Å². The zero-order chi connectivity index (χ0) is 19.7. The third kappa shape index (κ3) is 3.26. The number of rotatable bonds is 6. The second kappa shape index (κ2) is 7.57. The van der Waals surface area contributed by atoms with Crippen molar-refractivity contribution in [3.05, 3.63) is 17.5 Å². The van der Waals surface area contributed by atoms with Crippen molar-refractivity contribution in [1.29, 1.82) is 0 Å². The van der Waals surface area contributed by atoms with Gasteiger partial charge in [0.25, 0.3) is 5.91 Å². The summed E-state index contributed by atoms with van der Waals surface area (Å²) in [7, 11) is 4.76. The minimum Gasteiger partial charge on any atom is -0.383 e. The Morgan fingerprint density at radius 3 is 2.48 bits per heavy atom. The Hall–Kier alpha value is -2.59. The lowest BCUT2D eigenvalue weighted by molar-refractivity contribution is -0.539. The Kier molecular flexibility index (Phi) is 5.38. The number of aliphatic imine (C=N–C) groups is 1. The van der Waals surface area contributed by atoms with E-state index in [4.69, 9.17) is 9.47 Å². The molecule has 27 heavy (non-hydrogen) atoms. The van der Waals surface area contributed by atoms with Crippen LogP contribution in [-0.2, 0) is 14.3 Å². The summed E-state index contributed by atoms with van der Waals surface area (Å²) in [4.78, 5) is 33.0. The lowest BCUT2D eigenvalue weighted by atomic mass is 10.1. The Labute approximate surface area is 157 Å². The quantitative estimate of drug-likeness (QED) is 0.634. The van der Waals surface area contributed by atoms with Gasteiger partial charge in [0, 0.05) is 21.3 Å². The molecule has 2 aliphatic rings. The number of likely N-dealkylation sites (N-methyl/N-ethyl adjacent to an activating group) is 1. The molecule has 1 atom stereocenters. The maximum Gasteiger partial charge on any atom is 0.421 e. The van der Waals surface area contributed by atoms with Crippen LogP contribution in [0.25, 0.3) is 0 Å². The summed E-state index contributed by atoms with van der Waals surface area (Å²) in [6.45, 7) is 5.13. The van der Waals surface area contributed by atoms with Gasteiger partial charge in [0.1, 0.15) is 5.69 Å². The Morgan fingerprint density at radius 1 is 1.19 bits per heavy atom. The van der Waals surface area contributed by atoms with E-state index in [1.54, 1.807) is 18.8 Å². The lowest BCUT2D eigenvalue weighted by Crippen LogP contribution is -2.63. The number of hydrogen-bond donors (Lipinski definition) is 0. The van der Waals surface area contributed by atoms with Gasteiger partial charge in [0.2, 0.25) is 11.9 Å². The van der Waals surface area contributed by atoms with Crippen molar-refractivity contribution in [3.8, 4) is 0 Å². The van der Waals surface area contributed by atoms with E-state index in [1.165, 1.54) is 16.9 Å². The second-order valence-electron chi connectivity index (χ2n) is 6.52. The number of fused-ring (bicyclic) bond motifs is 1. The molecular formula is C17H25N6O4+. The predicted molar refractivity (Wildman–Crippen MR) is 97.1 cm³/mol. The third-order valence-electron chi connectivity index (χ3n) is 4.64. The number of aromatic nitrogens is 2. The first-order valence-electron chi connectivity index (χ1n) is 8.73. The van der Waals surface area contributed by atoms with Gasteiger partial charge in [-0.2, -0.15) is 0 Å². The van der Waals surface area contributed by atoms with Crippen molar-refractivity contribution in [1.82, 2.24) is 19.6 Å². The molecule has 0 N–H and O–H groups in total. The molecular weight excluding hydrogens is 352 g/mol. The molecule has 1 aromatic rings. The van der Waals surface area contributed by atoms with Gasteiger partial charge in [-0.25, -0.2) is 9.37 Å². The summed E-state index contributed by atoms with van der Waals surface area (Å²) < 4.78 is 13.8. The van der Waals surface area contributed by atoms with E-state index in [-0.39, 0.29) is 19.1 Å². The van der Waals surface area contributed by atoms with Crippen LogP contribution in [0.5, 0.6) is 0 Å². The van der Waals surface area contributed by atoms with Gasteiger partial charge in [0.15, 0.2) is 0 Å². The summed E-state index contributed by atoms with van der Waals surface area (Å²) in [5.41, 5.74) is 1.74. The molecule has 1 aromatic heterocycles. The zero-order valence-electron chi connectivity index (χ0n) is 16.3. The van der Waals surface area contributed by atoms with Crippen LogP contribution >= 0.6 is 0 Å². The molecule has 146 valence electrons.